The zero-order valence-corrected chi connectivity index (χ0v) is 34.1. The summed E-state index contributed by atoms with van der Waals surface area (Å²) in [6.07, 6.45) is 0. The summed E-state index contributed by atoms with van der Waals surface area (Å²) < 4.78 is 13.8. The van der Waals surface area contributed by atoms with E-state index in [1.807, 2.05) is 0 Å². The number of hydrogen-bond acceptors (Lipinski definition) is 2. The molecule has 13 rings (SSSR count). The van der Waals surface area contributed by atoms with E-state index in [1.54, 1.807) is 0 Å². The second kappa shape index (κ2) is 14.1. The fraction of sp³-hybridized carbons (Fsp3) is 0. The van der Waals surface area contributed by atoms with E-state index in [2.05, 4.69) is 223 Å². The summed E-state index contributed by atoms with van der Waals surface area (Å²) in [5.41, 5.74) is 19.4. The minimum Gasteiger partial charge on any atom is -0.455 e. The summed E-state index contributed by atoms with van der Waals surface area (Å²) in [5.74, 6) is 0. The standard InChI is InChI=1S/C60H37NO2/c1-3-11-37(12-4-1)39-23-27-41(28-24-39)45-15-7-19-49-51-21-9-17-47(59(51)62-57(45)49)43-31-33-55-53(35-43)54-36-44(32-34-56(54)61-55)48-18-10-22-52-50-20-8-16-46(58(50)63-60(48)52)42-29-25-40(26-30-42)38-13-5-2-6-14-38/h1-36,61H. The summed E-state index contributed by atoms with van der Waals surface area (Å²) in [7, 11) is 0. The third kappa shape index (κ3) is 5.75. The minimum absolute atomic E-state index is 0.892. The Bertz CT molecular complexity index is 3620. The predicted octanol–water partition coefficient (Wildman–Crippen LogP) is 17.1. The van der Waals surface area contributed by atoms with Crippen molar-refractivity contribution in [1.82, 2.24) is 4.98 Å². The van der Waals surface area contributed by atoms with Gasteiger partial charge in [0.05, 0.1) is 0 Å². The van der Waals surface area contributed by atoms with Crippen LogP contribution in [0.1, 0.15) is 0 Å². The minimum atomic E-state index is 0.892. The quantitative estimate of drug-likeness (QED) is 0.182. The van der Waals surface area contributed by atoms with Crippen LogP contribution in [0.4, 0.5) is 0 Å². The highest BCUT2D eigenvalue weighted by atomic mass is 16.3. The van der Waals surface area contributed by atoms with Crippen molar-refractivity contribution in [1.29, 1.82) is 0 Å². The number of fused-ring (bicyclic) bond motifs is 9. The zero-order valence-electron chi connectivity index (χ0n) is 34.1. The van der Waals surface area contributed by atoms with Gasteiger partial charge in [0, 0.05) is 65.6 Å². The number of aromatic amines is 1. The number of H-pyrrole nitrogens is 1. The van der Waals surface area contributed by atoms with Crippen molar-refractivity contribution in [2.45, 2.75) is 0 Å². The van der Waals surface area contributed by atoms with Gasteiger partial charge in [-0.1, -0.05) is 194 Å². The number of aromatic nitrogens is 1. The van der Waals surface area contributed by atoms with Crippen molar-refractivity contribution < 1.29 is 8.83 Å². The van der Waals surface area contributed by atoms with Gasteiger partial charge in [0.1, 0.15) is 22.3 Å². The molecule has 0 aliphatic carbocycles. The van der Waals surface area contributed by atoms with Gasteiger partial charge in [0.15, 0.2) is 0 Å². The van der Waals surface area contributed by atoms with Gasteiger partial charge in [-0.3, -0.25) is 0 Å². The van der Waals surface area contributed by atoms with E-state index in [9.17, 15) is 0 Å². The first-order valence-corrected chi connectivity index (χ1v) is 21.5. The van der Waals surface area contributed by atoms with Crippen molar-refractivity contribution in [2.24, 2.45) is 0 Å². The van der Waals surface area contributed by atoms with Gasteiger partial charge in [-0.05, 0) is 68.8 Å². The summed E-state index contributed by atoms with van der Waals surface area (Å²) in [4.78, 5) is 3.69. The number of nitrogens with one attached hydrogen (secondary N) is 1. The van der Waals surface area contributed by atoms with Gasteiger partial charge in [-0.25, -0.2) is 0 Å². The molecule has 3 aromatic heterocycles. The molecule has 0 amide bonds. The van der Waals surface area contributed by atoms with E-state index in [4.69, 9.17) is 8.83 Å². The Balaban J connectivity index is 0.892. The molecular formula is C60H37NO2. The normalized spacial score (nSPS) is 11.8. The van der Waals surface area contributed by atoms with E-state index in [1.165, 1.54) is 22.3 Å². The molecule has 0 radical (unpaired) electrons. The lowest BCUT2D eigenvalue weighted by Gasteiger charge is -2.06. The highest BCUT2D eigenvalue weighted by Gasteiger charge is 2.19. The van der Waals surface area contributed by atoms with Crippen LogP contribution in [0.15, 0.2) is 227 Å². The van der Waals surface area contributed by atoms with Crippen LogP contribution >= 0.6 is 0 Å². The van der Waals surface area contributed by atoms with Crippen LogP contribution in [0.5, 0.6) is 0 Å². The molecule has 0 unspecified atom stereocenters. The summed E-state index contributed by atoms with van der Waals surface area (Å²) >= 11 is 0. The highest BCUT2D eigenvalue weighted by molar-refractivity contribution is 6.16. The van der Waals surface area contributed by atoms with Gasteiger partial charge in [0.2, 0.25) is 0 Å². The molecule has 3 heterocycles. The third-order valence-electron chi connectivity index (χ3n) is 12.9. The monoisotopic (exact) mass is 803 g/mol. The summed E-state index contributed by atoms with van der Waals surface area (Å²) in [6.45, 7) is 0. The second-order valence-corrected chi connectivity index (χ2v) is 16.5. The Morgan fingerprint density at radius 3 is 0.889 bits per heavy atom. The molecule has 3 nitrogen and oxygen atoms in total. The molecule has 63 heavy (non-hydrogen) atoms. The molecule has 294 valence electrons. The molecule has 10 aromatic carbocycles. The van der Waals surface area contributed by atoms with Gasteiger partial charge in [-0.2, -0.15) is 0 Å². The lowest BCUT2D eigenvalue weighted by molar-refractivity contribution is 0.670. The maximum absolute atomic E-state index is 6.90. The Kier molecular flexibility index (Phi) is 7.91. The first-order chi connectivity index (χ1) is 31.2. The molecule has 1 N–H and O–H groups in total. The van der Waals surface area contributed by atoms with Gasteiger partial charge in [-0.15, -0.1) is 0 Å². The topological polar surface area (TPSA) is 42.1 Å². The van der Waals surface area contributed by atoms with Crippen LogP contribution in [0.3, 0.4) is 0 Å². The molecule has 3 heteroatoms. The molecule has 0 aliphatic rings. The summed E-state index contributed by atoms with van der Waals surface area (Å²) in [6, 6.07) is 77.9. The molecule has 13 aromatic rings. The van der Waals surface area contributed by atoms with Crippen molar-refractivity contribution in [3.8, 4) is 66.8 Å². The van der Waals surface area contributed by atoms with Gasteiger partial charge < -0.3 is 13.8 Å². The van der Waals surface area contributed by atoms with Crippen LogP contribution in [-0.2, 0) is 0 Å². The average Bonchev–Trinajstić information content (AvgIpc) is 4.06. The molecule has 0 spiro atoms. The van der Waals surface area contributed by atoms with Crippen LogP contribution in [0.2, 0.25) is 0 Å². The Hall–Kier alpha value is -8.40. The number of rotatable bonds is 6. The van der Waals surface area contributed by atoms with Crippen molar-refractivity contribution >= 4 is 65.7 Å². The maximum atomic E-state index is 6.90. The number of para-hydroxylation sites is 4. The van der Waals surface area contributed by atoms with Gasteiger partial charge >= 0.3 is 0 Å². The van der Waals surface area contributed by atoms with Gasteiger partial charge in [0.25, 0.3) is 0 Å². The first kappa shape index (κ1) is 35.4. The van der Waals surface area contributed by atoms with Crippen molar-refractivity contribution in [3.05, 3.63) is 218 Å². The molecule has 0 saturated heterocycles. The lowest BCUT2D eigenvalue weighted by Crippen LogP contribution is -1.81. The highest BCUT2D eigenvalue weighted by Crippen LogP contribution is 2.44. The van der Waals surface area contributed by atoms with Crippen LogP contribution in [-0.4, -0.2) is 4.98 Å². The van der Waals surface area contributed by atoms with E-state index < -0.39 is 0 Å². The number of furan rings is 2. The van der Waals surface area contributed by atoms with E-state index in [0.717, 1.165) is 110 Å². The van der Waals surface area contributed by atoms with Crippen LogP contribution in [0.25, 0.3) is 132 Å². The Labute approximate surface area is 363 Å². The zero-order chi connectivity index (χ0) is 41.4. The van der Waals surface area contributed by atoms with E-state index >= 15 is 0 Å². The maximum Gasteiger partial charge on any atom is 0.143 e. The van der Waals surface area contributed by atoms with Crippen molar-refractivity contribution in [3.63, 3.8) is 0 Å². The summed E-state index contributed by atoms with van der Waals surface area (Å²) in [5, 5.41) is 6.77. The molecular weight excluding hydrogens is 767 g/mol. The number of benzene rings is 10. The smallest absolute Gasteiger partial charge is 0.143 e. The molecule has 0 aliphatic heterocycles. The Morgan fingerprint density at radius 2 is 0.524 bits per heavy atom. The predicted molar refractivity (Wildman–Crippen MR) is 263 cm³/mol. The van der Waals surface area contributed by atoms with E-state index in [-0.39, 0.29) is 0 Å². The largest absolute Gasteiger partial charge is 0.455 e. The lowest BCUT2D eigenvalue weighted by atomic mass is 9.97. The SMILES string of the molecule is c1ccc(-c2ccc(-c3cccc4c3oc3c(-c5ccc6[nH]c7ccc(-c8cccc9c8oc8c(-c%10ccc(-c%11ccccc%11)cc%10)cccc89)cc7c6c5)cccc34)cc2)cc1. The first-order valence-electron chi connectivity index (χ1n) is 21.5. The van der Waals surface area contributed by atoms with Crippen LogP contribution in [0, 0.1) is 0 Å². The van der Waals surface area contributed by atoms with Crippen LogP contribution < -0.4 is 0 Å². The fourth-order valence-electron chi connectivity index (χ4n) is 9.73. The Morgan fingerprint density at radius 1 is 0.222 bits per heavy atom. The molecule has 0 bridgehead atoms. The van der Waals surface area contributed by atoms with E-state index in [0.29, 0.717) is 0 Å². The fourth-order valence-corrected chi connectivity index (χ4v) is 9.73. The third-order valence-corrected chi connectivity index (χ3v) is 12.9. The molecule has 0 fully saturated rings. The number of hydrogen-bond donors (Lipinski definition) is 1. The molecule has 0 saturated carbocycles. The second-order valence-electron chi connectivity index (χ2n) is 16.5. The van der Waals surface area contributed by atoms with Crippen molar-refractivity contribution in [2.75, 3.05) is 0 Å². The molecule has 0 atom stereocenters. The average molecular weight is 804 g/mol.